The summed E-state index contributed by atoms with van der Waals surface area (Å²) in [5.74, 6) is 2.34. The van der Waals surface area contributed by atoms with E-state index in [-0.39, 0.29) is 6.04 Å². The maximum absolute atomic E-state index is 4.72. The molecule has 0 amide bonds. The zero-order chi connectivity index (χ0) is 18.9. The van der Waals surface area contributed by atoms with Crippen LogP contribution in [0.15, 0.2) is 40.1 Å². The van der Waals surface area contributed by atoms with Crippen molar-refractivity contribution in [2.75, 3.05) is 13.1 Å². The molecule has 0 bridgehead atoms. The molecule has 0 radical (unpaired) electrons. The van der Waals surface area contributed by atoms with Crippen LogP contribution in [-0.4, -0.2) is 33.8 Å². The SMILES string of the molecule is CCc1nncn1CCNC(=NCC(C)C)NC(C)c1ccccc1Br. The van der Waals surface area contributed by atoms with E-state index >= 15 is 0 Å². The number of nitrogens with zero attached hydrogens (tertiary/aromatic N) is 4. The van der Waals surface area contributed by atoms with Crippen LogP contribution < -0.4 is 10.6 Å². The predicted molar refractivity (Wildman–Crippen MR) is 110 cm³/mol. The number of aryl methyl sites for hydroxylation is 1. The summed E-state index contributed by atoms with van der Waals surface area (Å²) in [5, 5.41) is 15.0. The standard InChI is InChI=1S/C19H29BrN6/c1-5-18-25-23-13-26(18)11-10-21-19(22-12-14(2)3)24-15(4)16-8-6-7-9-17(16)20/h6-9,13-15H,5,10-12H2,1-4H3,(H2,21,22,24). The van der Waals surface area contributed by atoms with Crippen molar-refractivity contribution < 1.29 is 0 Å². The molecule has 0 aliphatic carbocycles. The fourth-order valence-electron chi connectivity index (χ4n) is 2.57. The molecule has 1 aromatic heterocycles. The lowest BCUT2D eigenvalue weighted by Crippen LogP contribution is -2.40. The minimum atomic E-state index is 0.144. The molecule has 6 nitrogen and oxygen atoms in total. The zero-order valence-corrected chi connectivity index (χ0v) is 17.6. The number of guanidine groups is 1. The van der Waals surface area contributed by atoms with E-state index in [1.165, 1.54) is 5.56 Å². The third kappa shape index (κ3) is 6.12. The Morgan fingerprint density at radius 1 is 1.27 bits per heavy atom. The van der Waals surface area contributed by atoms with Crippen LogP contribution in [0.25, 0.3) is 0 Å². The predicted octanol–water partition coefficient (Wildman–Crippen LogP) is 3.56. The summed E-state index contributed by atoms with van der Waals surface area (Å²) >= 11 is 3.63. The number of rotatable bonds is 8. The van der Waals surface area contributed by atoms with Gasteiger partial charge in [-0.05, 0) is 24.5 Å². The highest BCUT2D eigenvalue weighted by Crippen LogP contribution is 2.22. The maximum Gasteiger partial charge on any atom is 0.191 e. The zero-order valence-electron chi connectivity index (χ0n) is 16.0. The lowest BCUT2D eigenvalue weighted by Gasteiger charge is -2.20. The normalized spacial score (nSPS) is 13.1. The first kappa shape index (κ1) is 20.4. The van der Waals surface area contributed by atoms with E-state index in [0.717, 1.165) is 42.3 Å². The monoisotopic (exact) mass is 420 g/mol. The number of nitrogens with one attached hydrogen (secondary N) is 2. The molecule has 0 spiro atoms. The van der Waals surface area contributed by atoms with Crippen molar-refractivity contribution in [2.24, 2.45) is 10.9 Å². The Hall–Kier alpha value is -1.89. The average Bonchev–Trinajstić information content (AvgIpc) is 3.07. The molecule has 1 aromatic carbocycles. The molecule has 2 rings (SSSR count). The van der Waals surface area contributed by atoms with Gasteiger partial charge in [0, 0.05) is 30.5 Å². The van der Waals surface area contributed by atoms with Gasteiger partial charge in [0.15, 0.2) is 5.96 Å². The van der Waals surface area contributed by atoms with Crippen LogP contribution >= 0.6 is 15.9 Å². The van der Waals surface area contributed by atoms with Crippen molar-refractivity contribution in [1.29, 1.82) is 0 Å². The van der Waals surface area contributed by atoms with E-state index in [9.17, 15) is 0 Å². The van der Waals surface area contributed by atoms with Gasteiger partial charge in [0.1, 0.15) is 12.2 Å². The first-order valence-corrected chi connectivity index (χ1v) is 9.96. The molecule has 7 heteroatoms. The number of halogens is 1. The molecule has 2 aromatic rings. The molecular weight excluding hydrogens is 392 g/mol. The Balaban J connectivity index is 1.99. The van der Waals surface area contributed by atoms with Gasteiger partial charge in [0.05, 0.1) is 6.04 Å². The summed E-state index contributed by atoms with van der Waals surface area (Å²) in [6, 6.07) is 8.40. The Morgan fingerprint density at radius 2 is 2.04 bits per heavy atom. The third-order valence-corrected chi connectivity index (χ3v) is 4.72. The van der Waals surface area contributed by atoms with Crippen molar-refractivity contribution in [3.05, 3.63) is 46.5 Å². The molecule has 26 heavy (non-hydrogen) atoms. The van der Waals surface area contributed by atoms with Crippen LogP contribution in [0.1, 0.15) is 45.1 Å². The number of aromatic nitrogens is 3. The van der Waals surface area contributed by atoms with E-state index in [0.29, 0.717) is 5.92 Å². The minimum absolute atomic E-state index is 0.144. The van der Waals surface area contributed by atoms with Crippen LogP contribution in [0.3, 0.4) is 0 Å². The first-order chi connectivity index (χ1) is 12.5. The van der Waals surface area contributed by atoms with Crippen molar-refractivity contribution in [3.8, 4) is 0 Å². The minimum Gasteiger partial charge on any atom is -0.355 e. The molecule has 0 saturated heterocycles. The van der Waals surface area contributed by atoms with Crippen molar-refractivity contribution in [2.45, 2.75) is 46.7 Å². The summed E-state index contributed by atoms with van der Waals surface area (Å²) in [7, 11) is 0. The second-order valence-corrected chi connectivity index (χ2v) is 7.55. The van der Waals surface area contributed by atoms with Crippen molar-refractivity contribution in [1.82, 2.24) is 25.4 Å². The molecule has 1 heterocycles. The Morgan fingerprint density at radius 3 is 2.73 bits per heavy atom. The van der Waals surface area contributed by atoms with E-state index in [1.54, 1.807) is 6.33 Å². The fourth-order valence-corrected chi connectivity index (χ4v) is 3.20. The fraction of sp³-hybridized carbons (Fsp3) is 0.526. The van der Waals surface area contributed by atoms with Crippen LogP contribution in [-0.2, 0) is 13.0 Å². The Labute approximate surface area is 164 Å². The van der Waals surface area contributed by atoms with E-state index in [1.807, 2.05) is 6.07 Å². The summed E-state index contributed by atoms with van der Waals surface area (Å²) in [4.78, 5) is 4.72. The second-order valence-electron chi connectivity index (χ2n) is 6.69. The van der Waals surface area contributed by atoms with Gasteiger partial charge in [-0.25, -0.2) is 0 Å². The average molecular weight is 421 g/mol. The van der Waals surface area contributed by atoms with Crippen molar-refractivity contribution in [3.63, 3.8) is 0 Å². The lowest BCUT2D eigenvalue weighted by molar-refractivity contribution is 0.609. The van der Waals surface area contributed by atoms with Gasteiger partial charge < -0.3 is 15.2 Å². The van der Waals surface area contributed by atoms with Gasteiger partial charge in [-0.15, -0.1) is 10.2 Å². The second kappa shape index (κ2) is 10.3. The van der Waals surface area contributed by atoms with Crippen LogP contribution in [0.2, 0.25) is 0 Å². The molecule has 0 saturated carbocycles. The Kier molecular flexibility index (Phi) is 8.09. The van der Waals surface area contributed by atoms with Crippen LogP contribution in [0.4, 0.5) is 0 Å². The number of benzene rings is 1. The molecule has 142 valence electrons. The number of hydrogen-bond acceptors (Lipinski definition) is 3. The molecule has 1 unspecified atom stereocenters. The molecule has 0 aliphatic rings. The largest absolute Gasteiger partial charge is 0.355 e. The topological polar surface area (TPSA) is 67.1 Å². The van der Waals surface area contributed by atoms with E-state index in [4.69, 9.17) is 4.99 Å². The quantitative estimate of drug-likeness (QED) is 0.505. The molecule has 2 N–H and O–H groups in total. The highest BCUT2D eigenvalue weighted by atomic mass is 79.9. The summed E-state index contributed by atoms with van der Waals surface area (Å²) < 4.78 is 3.17. The van der Waals surface area contributed by atoms with Gasteiger partial charge in [0.2, 0.25) is 0 Å². The summed E-state index contributed by atoms with van der Waals surface area (Å²) in [6.45, 7) is 10.9. The summed E-state index contributed by atoms with van der Waals surface area (Å²) in [5.41, 5.74) is 1.21. The highest BCUT2D eigenvalue weighted by Gasteiger charge is 2.11. The van der Waals surface area contributed by atoms with Gasteiger partial charge in [0.25, 0.3) is 0 Å². The molecular formula is C19H29BrN6. The van der Waals surface area contributed by atoms with E-state index in [2.05, 4.69) is 87.2 Å². The number of aliphatic imine (C=N–C) groups is 1. The Bertz CT molecular complexity index is 710. The maximum atomic E-state index is 4.72. The first-order valence-electron chi connectivity index (χ1n) is 9.17. The third-order valence-electron chi connectivity index (χ3n) is 4.00. The van der Waals surface area contributed by atoms with Crippen LogP contribution in [0.5, 0.6) is 0 Å². The summed E-state index contributed by atoms with van der Waals surface area (Å²) in [6.07, 6.45) is 2.66. The number of hydrogen-bond donors (Lipinski definition) is 2. The lowest BCUT2D eigenvalue weighted by atomic mass is 10.1. The molecule has 0 aliphatic heterocycles. The smallest absolute Gasteiger partial charge is 0.191 e. The van der Waals surface area contributed by atoms with E-state index < -0.39 is 0 Å². The molecule has 0 fully saturated rings. The van der Waals surface area contributed by atoms with Gasteiger partial charge in [-0.2, -0.15) is 0 Å². The van der Waals surface area contributed by atoms with Crippen molar-refractivity contribution >= 4 is 21.9 Å². The van der Waals surface area contributed by atoms with Crippen LogP contribution in [0, 0.1) is 5.92 Å². The van der Waals surface area contributed by atoms with Gasteiger partial charge in [-0.3, -0.25) is 4.99 Å². The highest BCUT2D eigenvalue weighted by molar-refractivity contribution is 9.10. The molecule has 1 atom stereocenters. The van der Waals surface area contributed by atoms with Gasteiger partial charge >= 0.3 is 0 Å². The van der Waals surface area contributed by atoms with Gasteiger partial charge in [-0.1, -0.05) is 54.9 Å².